The number of carbonyl (C=O) groups excluding carboxylic acids is 1. The van der Waals surface area contributed by atoms with Crippen LogP contribution in [0.1, 0.15) is 40.7 Å². The summed E-state index contributed by atoms with van der Waals surface area (Å²) in [6.45, 7) is 0.430. The topological polar surface area (TPSA) is 187 Å². The van der Waals surface area contributed by atoms with Crippen molar-refractivity contribution in [3.63, 3.8) is 0 Å². The fourth-order valence-electron chi connectivity index (χ4n) is 3.74. The number of aromatic nitrogens is 2. The average molecular weight is 479 g/mol. The summed E-state index contributed by atoms with van der Waals surface area (Å²) in [4.78, 5) is 52.7. The Labute approximate surface area is 191 Å². The summed E-state index contributed by atoms with van der Waals surface area (Å²) < 4.78 is 29.2. The third-order valence-electron chi connectivity index (χ3n) is 5.54. The second-order valence-electron chi connectivity index (χ2n) is 7.98. The third kappa shape index (κ3) is 5.85. The van der Waals surface area contributed by atoms with Crippen LogP contribution >= 0.6 is 0 Å². The van der Waals surface area contributed by atoms with Crippen LogP contribution in [0.4, 0.5) is 20.5 Å². The normalized spacial score (nSPS) is 15.6. The SMILES string of the molecule is Nc1nc2c(c(=O)[nH]1)CC(CCc1c(F)cc(C(=O)N[C@@H](CCC(=O)O)C(=O)O)cc1F)CN2. The number of aliphatic carboxylic acids is 2. The van der Waals surface area contributed by atoms with Crippen LogP contribution in [0.2, 0.25) is 0 Å². The highest BCUT2D eigenvalue weighted by atomic mass is 19.1. The maximum atomic E-state index is 14.6. The molecule has 2 atom stereocenters. The Balaban J connectivity index is 1.66. The van der Waals surface area contributed by atoms with E-state index < -0.39 is 47.5 Å². The van der Waals surface area contributed by atoms with Crippen LogP contribution < -0.4 is 21.9 Å². The smallest absolute Gasteiger partial charge is 0.326 e. The number of hydrogen-bond acceptors (Lipinski definition) is 7. The van der Waals surface area contributed by atoms with Crippen molar-refractivity contribution >= 4 is 29.6 Å². The van der Waals surface area contributed by atoms with Crippen molar-refractivity contribution in [2.45, 2.75) is 38.1 Å². The Morgan fingerprint density at radius 1 is 1.24 bits per heavy atom. The van der Waals surface area contributed by atoms with Gasteiger partial charge in [-0.3, -0.25) is 19.4 Å². The molecule has 0 bridgehead atoms. The van der Waals surface area contributed by atoms with Gasteiger partial charge in [-0.05, 0) is 43.7 Å². The first kappa shape index (κ1) is 24.6. The van der Waals surface area contributed by atoms with Gasteiger partial charge < -0.3 is 26.6 Å². The molecule has 1 aromatic carbocycles. The molecular formula is C21H23F2N5O6. The summed E-state index contributed by atoms with van der Waals surface area (Å²) in [5, 5.41) is 22.9. The number of hydrogen-bond donors (Lipinski definition) is 6. The van der Waals surface area contributed by atoms with Gasteiger partial charge in [0.2, 0.25) is 5.95 Å². The van der Waals surface area contributed by atoms with Gasteiger partial charge in [0.25, 0.3) is 11.5 Å². The van der Waals surface area contributed by atoms with Gasteiger partial charge in [-0.1, -0.05) is 0 Å². The van der Waals surface area contributed by atoms with E-state index in [1.54, 1.807) is 0 Å². The molecule has 7 N–H and O–H groups in total. The second-order valence-corrected chi connectivity index (χ2v) is 7.98. The molecular weight excluding hydrogens is 456 g/mol. The quantitative estimate of drug-likeness (QED) is 0.304. The zero-order valence-electron chi connectivity index (χ0n) is 17.9. The molecule has 0 radical (unpaired) electrons. The predicted molar refractivity (Wildman–Crippen MR) is 115 cm³/mol. The zero-order valence-corrected chi connectivity index (χ0v) is 17.9. The van der Waals surface area contributed by atoms with Gasteiger partial charge in [-0.2, -0.15) is 4.98 Å². The standard InChI is InChI=1S/C21H23F2N5O6/c22-13-6-10(18(31)26-15(20(33)34)3-4-16(29)30)7-14(23)11(13)2-1-9-5-12-17(25-8-9)27-21(24)28-19(12)32/h6-7,9,15H,1-5,8H2,(H,26,31)(H,29,30)(H,33,34)(H4,24,25,27,28,32)/t9?,15-/m0/s1. The number of nitrogens with one attached hydrogen (secondary N) is 3. The summed E-state index contributed by atoms with van der Waals surface area (Å²) in [5.74, 6) is -5.44. The van der Waals surface area contributed by atoms with Gasteiger partial charge in [0.05, 0.1) is 5.56 Å². The molecule has 1 aromatic heterocycles. The number of carboxylic acid groups (broad SMARTS) is 2. The first-order valence-electron chi connectivity index (χ1n) is 10.4. The number of anilines is 2. The highest BCUT2D eigenvalue weighted by molar-refractivity contribution is 5.96. The van der Waals surface area contributed by atoms with Gasteiger partial charge >= 0.3 is 11.9 Å². The van der Waals surface area contributed by atoms with Crippen LogP contribution in [0, 0.1) is 17.6 Å². The first-order chi connectivity index (χ1) is 16.0. The molecule has 34 heavy (non-hydrogen) atoms. The number of nitrogens with two attached hydrogens (primary N) is 1. The highest BCUT2D eigenvalue weighted by Gasteiger charge is 2.25. The van der Waals surface area contributed by atoms with E-state index in [-0.39, 0.29) is 35.8 Å². The maximum absolute atomic E-state index is 14.6. The molecule has 3 rings (SSSR count). The fraction of sp³-hybridized carbons (Fsp3) is 0.381. The first-order valence-corrected chi connectivity index (χ1v) is 10.4. The Kier molecular flexibility index (Phi) is 7.44. The van der Waals surface area contributed by atoms with E-state index in [0.29, 0.717) is 30.8 Å². The summed E-state index contributed by atoms with van der Waals surface area (Å²) in [6, 6.07) is 0.0785. The van der Waals surface area contributed by atoms with Crippen LogP contribution in [-0.2, 0) is 22.4 Å². The van der Waals surface area contributed by atoms with Gasteiger partial charge in [0.15, 0.2) is 0 Å². The van der Waals surface area contributed by atoms with Crippen molar-refractivity contribution < 1.29 is 33.4 Å². The number of carbonyl (C=O) groups is 3. The van der Waals surface area contributed by atoms with Crippen LogP contribution in [-0.4, -0.2) is 50.6 Å². The van der Waals surface area contributed by atoms with E-state index in [4.69, 9.17) is 15.9 Å². The predicted octanol–water partition coefficient (Wildman–Crippen LogP) is 0.895. The number of nitrogens with zero attached hydrogens (tertiary/aromatic N) is 1. The van der Waals surface area contributed by atoms with Crippen molar-refractivity contribution in [2.75, 3.05) is 17.6 Å². The van der Waals surface area contributed by atoms with Crippen molar-refractivity contribution in [3.8, 4) is 0 Å². The third-order valence-corrected chi connectivity index (χ3v) is 5.54. The Hall–Kier alpha value is -4.03. The average Bonchev–Trinajstić information content (AvgIpc) is 2.75. The minimum Gasteiger partial charge on any atom is -0.481 e. The van der Waals surface area contributed by atoms with Crippen molar-refractivity contribution in [1.82, 2.24) is 15.3 Å². The number of carboxylic acids is 2. The summed E-state index contributed by atoms with van der Waals surface area (Å²) in [7, 11) is 0. The lowest BCUT2D eigenvalue weighted by molar-refractivity contribution is -0.140. The summed E-state index contributed by atoms with van der Waals surface area (Å²) >= 11 is 0. The molecule has 2 heterocycles. The zero-order chi connectivity index (χ0) is 25.0. The monoisotopic (exact) mass is 479 g/mol. The number of amides is 1. The number of rotatable bonds is 9. The van der Waals surface area contributed by atoms with Crippen LogP contribution in [0.5, 0.6) is 0 Å². The van der Waals surface area contributed by atoms with Crippen LogP contribution in [0.25, 0.3) is 0 Å². The number of nitrogen functional groups attached to an aromatic ring is 1. The molecule has 0 fully saturated rings. The largest absolute Gasteiger partial charge is 0.481 e. The lowest BCUT2D eigenvalue weighted by atomic mass is 9.90. The van der Waals surface area contributed by atoms with Gasteiger partial charge in [0.1, 0.15) is 23.5 Å². The number of fused-ring (bicyclic) bond motifs is 1. The second kappa shape index (κ2) is 10.3. The van der Waals surface area contributed by atoms with E-state index in [0.717, 1.165) is 12.1 Å². The molecule has 2 aromatic rings. The van der Waals surface area contributed by atoms with E-state index in [1.165, 1.54) is 0 Å². The van der Waals surface area contributed by atoms with Crippen molar-refractivity contribution in [1.29, 1.82) is 0 Å². The minimum atomic E-state index is -1.52. The number of halogens is 2. The molecule has 1 aliphatic rings. The van der Waals surface area contributed by atoms with E-state index in [2.05, 4.69) is 20.6 Å². The van der Waals surface area contributed by atoms with Crippen molar-refractivity contribution in [2.24, 2.45) is 5.92 Å². The molecule has 11 nitrogen and oxygen atoms in total. The highest BCUT2D eigenvalue weighted by Crippen LogP contribution is 2.25. The number of aromatic amines is 1. The van der Waals surface area contributed by atoms with Crippen molar-refractivity contribution in [3.05, 3.63) is 50.8 Å². The van der Waals surface area contributed by atoms with Gasteiger partial charge in [0, 0.05) is 24.1 Å². The number of H-pyrrole nitrogens is 1. The van der Waals surface area contributed by atoms with E-state index in [1.807, 2.05) is 0 Å². The lowest BCUT2D eigenvalue weighted by Gasteiger charge is -2.24. The maximum Gasteiger partial charge on any atom is 0.326 e. The van der Waals surface area contributed by atoms with Crippen LogP contribution in [0.3, 0.4) is 0 Å². The molecule has 0 aliphatic carbocycles. The van der Waals surface area contributed by atoms with E-state index in [9.17, 15) is 28.0 Å². The fourth-order valence-corrected chi connectivity index (χ4v) is 3.74. The van der Waals surface area contributed by atoms with E-state index >= 15 is 0 Å². The molecule has 0 saturated heterocycles. The van der Waals surface area contributed by atoms with Gasteiger partial charge in [-0.15, -0.1) is 0 Å². The Bertz CT molecular complexity index is 1160. The molecule has 1 aliphatic heterocycles. The molecule has 0 spiro atoms. The van der Waals surface area contributed by atoms with Crippen LogP contribution in [0.15, 0.2) is 16.9 Å². The van der Waals surface area contributed by atoms with Gasteiger partial charge in [-0.25, -0.2) is 13.6 Å². The summed E-state index contributed by atoms with van der Waals surface area (Å²) in [6.07, 6.45) is -0.205. The minimum absolute atomic E-state index is 0.00207. The Morgan fingerprint density at radius 2 is 1.91 bits per heavy atom. The molecule has 1 amide bonds. The molecule has 0 saturated carbocycles. The Morgan fingerprint density at radius 3 is 2.53 bits per heavy atom. The number of benzene rings is 1. The molecule has 182 valence electrons. The molecule has 1 unspecified atom stereocenters. The molecule has 13 heteroatoms. The summed E-state index contributed by atoms with van der Waals surface area (Å²) in [5.41, 5.74) is 4.88. The lowest BCUT2D eigenvalue weighted by Crippen LogP contribution is -2.41.